The van der Waals surface area contributed by atoms with Gasteiger partial charge < -0.3 is 4.90 Å². The summed E-state index contributed by atoms with van der Waals surface area (Å²) in [4.78, 5) is 23.6. The normalized spacial score (nSPS) is 17.6. The second-order valence-electron chi connectivity index (χ2n) is 3.24. The fourth-order valence-electron chi connectivity index (χ4n) is 1.39. The minimum Gasteiger partial charge on any atom is -0.335 e. The second-order valence-corrected chi connectivity index (χ2v) is 3.24. The van der Waals surface area contributed by atoms with Gasteiger partial charge in [0.25, 0.3) is 0 Å². The van der Waals surface area contributed by atoms with E-state index < -0.39 is 0 Å². The van der Waals surface area contributed by atoms with Crippen LogP contribution in [-0.2, 0) is 9.59 Å². The summed E-state index contributed by atoms with van der Waals surface area (Å²) in [6.07, 6.45) is 3.44. The van der Waals surface area contributed by atoms with E-state index in [4.69, 9.17) is 0 Å². The number of Topliss-reactive ketones (excluding diaryl/α,β-unsaturated/α-hetero) is 1. The Morgan fingerprint density at radius 3 is 2.58 bits per heavy atom. The topological polar surface area (TPSA) is 37.4 Å². The molecule has 1 aliphatic heterocycles. The summed E-state index contributed by atoms with van der Waals surface area (Å²) >= 11 is 0. The number of nitrogens with zero attached hydrogens (tertiary/aromatic N) is 1. The molecule has 0 bridgehead atoms. The molecule has 0 radical (unpaired) electrons. The molecule has 0 N–H and O–H groups in total. The fraction of sp³-hybridized carbons (Fsp3) is 0.778. The summed E-state index contributed by atoms with van der Waals surface area (Å²) in [5.74, 6) is 0.0765. The lowest BCUT2D eigenvalue weighted by atomic mass is 10.2. The number of ketones is 1. The molecule has 0 spiro atoms. The van der Waals surface area contributed by atoms with Crippen molar-refractivity contribution in [3.63, 3.8) is 0 Å². The molecule has 68 valence electrons. The highest BCUT2D eigenvalue weighted by atomic mass is 16.2. The Morgan fingerprint density at radius 1 is 1.33 bits per heavy atom. The summed E-state index contributed by atoms with van der Waals surface area (Å²) < 4.78 is 0. The largest absolute Gasteiger partial charge is 0.335 e. The van der Waals surface area contributed by atoms with Gasteiger partial charge in [0.05, 0.1) is 13.0 Å². The molecule has 1 heterocycles. The zero-order valence-corrected chi connectivity index (χ0v) is 7.51. The van der Waals surface area contributed by atoms with Gasteiger partial charge in [-0.1, -0.05) is 19.8 Å². The zero-order chi connectivity index (χ0) is 8.97. The van der Waals surface area contributed by atoms with E-state index in [1.165, 1.54) is 0 Å². The lowest BCUT2D eigenvalue weighted by molar-refractivity contribution is -0.127. The van der Waals surface area contributed by atoms with Gasteiger partial charge >= 0.3 is 0 Å². The van der Waals surface area contributed by atoms with Gasteiger partial charge in [-0.05, 0) is 6.42 Å². The van der Waals surface area contributed by atoms with E-state index >= 15 is 0 Å². The molecule has 1 amide bonds. The van der Waals surface area contributed by atoms with Crippen molar-refractivity contribution in [1.82, 2.24) is 4.90 Å². The van der Waals surface area contributed by atoms with Crippen LogP contribution in [0.15, 0.2) is 0 Å². The fourth-order valence-corrected chi connectivity index (χ4v) is 1.39. The van der Waals surface area contributed by atoms with Crippen molar-refractivity contribution in [3.05, 3.63) is 0 Å². The first kappa shape index (κ1) is 9.23. The summed E-state index contributed by atoms with van der Waals surface area (Å²) in [5.41, 5.74) is 0. The Morgan fingerprint density at radius 2 is 2.08 bits per heavy atom. The van der Waals surface area contributed by atoms with Crippen molar-refractivity contribution in [2.24, 2.45) is 0 Å². The molecule has 3 nitrogen and oxygen atoms in total. The quantitative estimate of drug-likeness (QED) is 0.464. The van der Waals surface area contributed by atoms with Crippen LogP contribution >= 0.6 is 0 Å². The first-order valence-electron chi connectivity index (χ1n) is 4.53. The number of hydrogen-bond acceptors (Lipinski definition) is 2. The van der Waals surface area contributed by atoms with Crippen molar-refractivity contribution in [1.29, 1.82) is 0 Å². The summed E-state index contributed by atoms with van der Waals surface area (Å²) in [5, 5.41) is 0. The van der Waals surface area contributed by atoms with Crippen molar-refractivity contribution in [3.8, 4) is 0 Å². The van der Waals surface area contributed by atoms with Crippen LogP contribution in [0, 0.1) is 0 Å². The maximum absolute atomic E-state index is 11.1. The van der Waals surface area contributed by atoms with Crippen LogP contribution in [0.2, 0.25) is 0 Å². The van der Waals surface area contributed by atoms with Gasteiger partial charge in [-0.25, -0.2) is 0 Å². The number of hydrogen-bond donors (Lipinski definition) is 0. The molecule has 0 saturated carbocycles. The van der Waals surface area contributed by atoms with Gasteiger partial charge in [-0.15, -0.1) is 0 Å². The van der Waals surface area contributed by atoms with Gasteiger partial charge in [0.2, 0.25) is 5.91 Å². The standard InChI is InChI=1S/C9H15NO2/c1-2-3-4-5-10-7-8(11)6-9(10)12/h2-7H2,1H3. The molecule has 0 unspecified atom stereocenters. The highest BCUT2D eigenvalue weighted by molar-refractivity contribution is 6.05. The van der Waals surface area contributed by atoms with E-state index in [1.54, 1.807) is 4.90 Å². The van der Waals surface area contributed by atoms with E-state index in [2.05, 4.69) is 6.92 Å². The predicted octanol–water partition coefficient (Wildman–Crippen LogP) is 0.978. The van der Waals surface area contributed by atoms with Crippen molar-refractivity contribution in [2.45, 2.75) is 32.6 Å². The van der Waals surface area contributed by atoms with Crippen LogP contribution in [0.4, 0.5) is 0 Å². The monoisotopic (exact) mass is 169 g/mol. The maximum atomic E-state index is 11.1. The van der Waals surface area contributed by atoms with Crippen LogP contribution in [0.25, 0.3) is 0 Å². The Kier molecular flexibility index (Phi) is 3.26. The lowest BCUT2D eigenvalue weighted by Gasteiger charge is -2.13. The van der Waals surface area contributed by atoms with Crippen LogP contribution in [0.3, 0.4) is 0 Å². The number of carbonyl (C=O) groups is 2. The van der Waals surface area contributed by atoms with Gasteiger partial charge in [0, 0.05) is 6.54 Å². The molecule has 0 aliphatic carbocycles. The van der Waals surface area contributed by atoms with Crippen LogP contribution in [0.5, 0.6) is 0 Å². The van der Waals surface area contributed by atoms with Crippen LogP contribution in [0.1, 0.15) is 32.6 Å². The summed E-state index contributed by atoms with van der Waals surface area (Å²) in [7, 11) is 0. The van der Waals surface area contributed by atoms with Crippen LogP contribution in [-0.4, -0.2) is 29.7 Å². The smallest absolute Gasteiger partial charge is 0.230 e. The SMILES string of the molecule is CCCCCN1CC(=O)CC1=O. The summed E-state index contributed by atoms with van der Waals surface area (Å²) in [6, 6.07) is 0. The second kappa shape index (κ2) is 4.24. The van der Waals surface area contributed by atoms with Gasteiger partial charge in [-0.3, -0.25) is 9.59 Å². The highest BCUT2D eigenvalue weighted by Crippen LogP contribution is 2.08. The Hall–Kier alpha value is -0.860. The molecule has 1 saturated heterocycles. The molecule has 1 rings (SSSR count). The third-order valence-corrected chi connectivity index (χ3v) is 2.10. The third-order valence-electron chi connectivity index (χ3n) is 2.10. The number of amides is 1. The minimum absolute atomic E-state index is 0.0103. The molecule has 1 aliphatic rings. The molecule has 0 aromatic carbocycles. The number of rotatable bonds is 4. The Balaban J connectivity index is 2.24. The highest BCUT2D eigenvalue weighted by Gasteiger charge is 2.26. The molecular weight excluding hydrogens is 154 g/mol. The molecule has 0 atom stereocenters. The molecular formula is C9H15NO2. The number of carbonyl (C=O) groups excluding carboxylic acids is 2. The first-order chi connectivity index (χ1) is 5.74. The van der Waals surface area contributed by atoms with Crippen molar-refractivity contribution < 1.29 is 9.59 Å². The van der Waals surface area contributed by atoms with Crippen LogP contribution < -0.4 is 0 Å². The van der Waals surface area contributed by atoms with E-state index in [0.29, 0.717) is 6.54 Å². The average molecular weight is 169 g/mol. The molecule has 0 aromatic heterocycles. The molecule has 3 heteroatoms. The zero-order valence-electron chi connectivity index (χ0n) is 7.51. The number of likely N-dealkylation sites (tertiary alicyclic amines) is 1. The Labute approximate surface area is 72.7 Å². The summed E-state index contributed by atoms with van der Waals surface area (Å²) in [6.45, 7) is 3.23. The van der Waals surface area contributed by atoms with Crippen molar-refractivity contribution >= 4 is 11.7 Å². The van der Waals surface area contributed by atoms with E-state index in [-0.39, 0.29) is 18.1 Å². The average Bonchev–Trinajstić information content (AvgIpc) is 2.31. The van der Waals surface area contributed by atoms with E-state index in [1.807, 2.05) is 0 Å². The minimum atomic E-state index is 0.0103. The van der Waals surface area contributed by atoms with Crippen molar-refractivity contribution in [2.75, 3.05) is 13.1 Å². The third kappa shape index (κ3) is 2.32. The van der Waals surface area contributed by atoms with Gasteiger partial charge in [0.1, 0.15) is 0 Å². The molecule has 0 aromatic rings. The predicted molar refractivity (Wildman–Crippen MR) is 45.7 cm³/mol. The van der Waals surface area contributed by atoms with E-state index in [9.17, 15) is 9.59 Å². The van der Waals surface area contributed by atoms with Gasteiger partial charge in [-0.2, -0.15) is 0 Å². The van der Waals surface area contributed by atoms with E-state index in [0.717, 1.165) is 25.8 Å². The number of unbranched alkanes of at least 4 members (excludes halogenated alkanes) is 2. The molecule has 1 fully saturated rings. The maximum Gasteiger partial charge on any atom is 0.230 e. The lowest BCUT2D eigenvalue weighted by Crippen LogP contribution is -2.26. The Bertz CT molecular complexity index is 189. The van der Waals surface area contributed by atoms with Gasteiger partial charge in [0.15, 0.2) is 5.78 Å². The molecule has 12 heavy (non-hydrogen) atoms. The first-order valence-corrected chi connectivity index (χ1v) is 4.53.